The molecule has 2 N–H and O–H groups in total. The maximum atomic E-state index is 13.0. The number of aryl methyl sites for hydroxylation is 4. The molecule has 0 saturated heterocycles. The van der Waals surface area contributed by atoms with E-state index < -0.39 is 0 Å². The van der Waals surface area contributed by atoms with Crippen molar-refractivity contribution in [1.29, 1.82) is 0 Å². The first-order valence-corrected chi connectivity index (χ1v) is 11.1. The summed E-state index contributed by atoms with van der Waals surface area (Å²) in [4.78, 5) is 18.5. The Hall–Kier alpha value is -3.25. The fourth-order valence-electron chi connectivity index (χ4n) is 3.70. The van der Waals surface area contributed by atoms with E-state index in [0.717, 1.165) is 33.7 Å². The van der Waals surface area contributed by atoms with Crippen LogP contribution in [0.1, 0.15) is 34.0 Å². The number of nitrogens with one attached hydrogen (secondary N) is 2. The van der Waals surface area contributed by atoms with Crippen molar-refractivity contribution in [3.63, 3.8) is 0 Å². The Balaban J connectivity index is 1.58. The molecule has 1 aromatic heterocycles. The molecule has 0 fully saturated rings. The predicted molar refractivity (Wildman–Crippen MR) is 130 cm³/mol. The van der Waals surface area contributed by atoms with Gasteiger partial charge in [0.15, 0.2) is 0 Å². The Bertz CT molecular complexity index is 1240. The van der Waals surface area contributed by atoms with E-state index >= 15 is 0 Å². The molecule has 0 spiro atoms. The second kappa shape index (κ2) is 8.86. The molecule has 0 aliphatic heterocycles. The molecule has 4 aromatic rings. The third-order valence-electron chi connectivity index (χ3n) is 5.43. The van der Waals surface area contributed by atoms with Crippen LogP contribution in [0.4, 0.5) is 11.4 Å². The lowest BCUT2D eigenvalue weighted by Crippen LogP contribution is -2.13. The van der Waals surface area contributed by atoms with Gasteiger partial charge in [-0.25, -0.2) is 4.98 Å². The highest BCUT2D eigenvalue weighted by Gasteiger charge is 2.14. The monoisotopic (exact) mass is 430 g/mol. The highest BCUT2D eigenvalue weighted by atomic mass is 32.2. The summed E-state index contributed by atoms with van der Waals surface area (Å²) in [6, 6.07) is 18.0. The summed E-state index contributed by atoms with van der Waals surface area (Å²) in [5, 5.41) is 3.06. The molecular weight excluding hydrogens is 404 g/mol. The summed E-state index contributed by atoms with van der Waals surface area (Å²) >= 11 is 1.58. The van der Waals surface area contributed by atoms with Crippen LogP contribution in [0.3, 0.4) is 0 Å². The zero-order valence-corrected chi connectivity index (χ0v) is 19.0. The normalized spacial score (nSPS) is 11.0. The van der Waals surface area contributed by atoms with Gasteiger partial charge in [-0.05, 0) is 73.2 Å². The quantitative estimate of drug-likeness (QED) is 0.362. The van der Waals surface area contributed by atoms with Crippen LogP contribution in [0.15, 0.2) is 65.8 Å². The summed E-state index contributed by atoms with van der Waals surface area (Å²) in [7, 11) is 1.90. The van der Waals surface area contributed by atoms with Crippen LogP contribution in [-0.2, 0) is 13.5 Å². The van der Waals surface area contributed by atoms with Gasteiger partial charge in [0.05, 0.1) is 28.6 Å². The highest BCUT2D eigenvalue weighted by Crippen LogP contribution is 2.31. The van der Waals surface area contributed by atoms with Gasteiger partial charge in [-0.2, -0.15) is 0 Å². The van der Waals surface area contributed by atoms with E-state index in [1.54, 1.807) is 18.3 Å². The number of amides is 1. The SMILES string of the molecule is CCc1ccc(NC(=O)c2cccc3ncn(C)c23)cc1SNc1c(C)cccc1C. The van der Waals surface area contributed by atoms with E-state index in [0.29, 0.717) is 5.56 Å². The Labute approximate surface area is 187 Å². The first kappa shape index (κ1) is 21.0. The van der Waals surface area contributed by atoms with E-state index in [1.807, 2.05) is 41.9 Å². The first-order valence-electron chi connectivity index (χ1n) is 10.3. The van der Waals surface area contributed by atoms with Crippen LogP contribution < -0.4 is 10.0 Å². The average Bonchev–Trinajstić information content (AvgIpc) is 3.14. The van der Waals surface area contributed by atoms with Gasteiger partial charge in [0.25, 0.3) is 5.91 Å². The molecule has 0 aliphatic rings. The third kappa shape index (κ3) is 4.30. The number of imidazole rings is 1. The van der Waals surface area contributed by atoms with Crippen LogP contribution in [0, 0.1) is 13.8 Å². The molecule has 0 saturated carbocycles. The molecule has 158 valence electrons. The highest BCUT2D eigenvalue weighted by molar-refractivity contribution is 8.00. The number of fused-ring (bicyclic) bond motifs is 1. The lowest BCUT2D eigenvalue weighted by Gasteiger charge is -2.15. The number of benzene rings is 3. The van der Waals surface area contributed by atoms with Gasteiger partial charge < -0.3 is 14.6 Å². The molecule has 0 aliphatic carbocycles. The second-order valence-electron chi connectivity index (χ2n) is 7.63. The molecule has 0 radical (unpaired) electrons. The molecule has 1 amide bonds. The van der Waals surface area contributed by atoms with E-state index in [1.165, 1.54) is 16.7 Å². The van der Waals surface area contributed by atoms with Crippen LogP contribution in [-0.4, -0.2) is 15.5 Å². The molecule has 31 heavy (non-hydrogen) atoms. The maximum Gasteiger partial charge on any atom is 0.257 e. The van der Waals surface area contributed by atoms with Gasteiger partial charge in [0.1, 0.15) is 0 Å². The largest absolute Gasteiger partial charge is 0.333 e. The Morgan fingerprint density at radius 2 is 1.81 bits per heavy atom. The van der Waals surface area contributed by atoms with Crippen molar-refractivity contribution < 1.29 is 4.79 Å². The predicted octanol–water partition coefficient (Wildman–Crippen LogP) is 6.12. The fraction of sp³-hybridized carbons (Fsp3) is 0.200. The molecule has 6 heteroatoms. The Kier molecular flexibility index (Phi) is 6.00. The van der Waals surface area contributed by atoms with Crippen molar-refractivity contribution in [2.45, 2.75) is 32.1 Å². The van der Waals surface area contributed by atoms with Crippen LogP contribution in [0.5, 0.6) is 0 Å². The summed E-state index contributed by atoms with van der Waals surface area (Å²) < 4.78 is 5.38. The number of anilines is 2. The number of carbonyl (C=O) groups is 1. The van der Waals surface area contributed by atoms with Crippen LogP contribution in [0.2, 0.25) is 0 Å². The van der Waals surface area contributed by atoms with Crippen molar-refractivity contribution >= 4 is 40.3 Å². The number of nitrogens with zero attached hydrogens (tertiary/aromatic N) is 2. The summed E-state index contributed by atoms with van der Waals surface area (Å²) in [5.74, 6) is -0.142. The minimum atomic E-state index is -0.142. The second-order valence-corrected chi connectivity index (χ2v) is 8.48. The summed E-state index contributed by atoms with van der Waals surface area (Å²) in [6.07, 6.45) is 2.64. The number of hydrogen-bond acceptors (Lipinski definition) is 4. The van der Waals surface area contributed by atoms with E-state index in [-0.39, 0.29) is 5.91 Å². The van der Waals surface area contributed by atoms with Gasteiger partial charge in [-0.3, -0.25) is 4.79 Å². The molecule has 0 unspecified atom stereocenters. The number of rotatable bonds is 6. The summed E-state index contributed by atoms with van der Waals surface area (Å²) in [5.41, 5.74) is 7.80. The Morgan fingerprint density at radius 3 is 2.55 bits per heavy atom. The van der Waals surface area contributed by atoms with Gasteiger partial charge in [-0.15, -0.1) is 0 Å². The molecule has 3 aromatic carbocycles. The third-order valence-corrected chi connectivity index (χ3v) is 6.34. The Morgan fingerprint density at radius 1 is 1.06 bits per heavy atom. The number of carbonyl (C=O) groups excluding carboxylic acids is 1. The van der Waals surface area contributed by atoms with Crippen molar-refractivity contribution in [2.24, 2.45) is 7.05 Å². The van der Waals surface area contributed by atoms with Crippen molar-refractivity contribution in [3.8, 4) is 0 Å². The van der Waals surface area contributed by atoms with Crippen molar-refractivity contribution in [3.05, 3.63) is 83.2 Å². The van der Waals surface area contributed by atoms with Crippen LogP contribution >= 0.6 is 11.9 Å². The van der Waals surface area contributed by atoms with Gasteiger partial charge in [0, 0.05) is 17.6 Å². The molecular formula is C25H26N4OS. The summed E-state index contributed by atoms with van der Waals surface area (Å²) in [6.45, 7) is 6.35. The smallest absolute Gasteiger partial charge is 0.257 e. The number of hydrogen-bond donors (Lipinski definition) is 2. The van der Waals surface area contributed by atoms with Crippen molar-refractivity contribution in [2.75, 3.05) is 10.0 Å². The topological polar surface area (TPSA) is 59.0 Å². The van der Waals surface area contributed by atoms with E-state index in [2.05, 4.69) is 60.1 Å². The lowest BCUT2D eigenvalue weighted by atomic mass is 10.1. The standard InChI is InChI=1S/C25H26N4OS/c1-5-18-12-13-19(14-22(18)31-28-23-16(2)8-6-9-17(23)3)27-25(30)20-10-7-11-21-24(20)29(4)15-26-21/h6-15,28H,5H2,1-4H3,(H,27,30). The molecule has 4 rings (SSSR count). The van der Waals surface area contributed by atoms with E-state index in [9.17, 15) is 4.79 Å². The fourth-order valence-corrected chi connectivity index (χ4v) is 4.76. The zero-order valence-electron chi connectivity index (χ0n) is 18.2. The molecule has 1 heterocycles. The maximum absolute atomic E-state index is 13.0. The zero-order chi connectivity index (χ0) is 22.0. The van der Waals surface area contributed by atoms with Crippen molar-refractivity contribution in [1.82, 2.24) is 9.55 Å². The van der Waals surface area contributed by atoms with Crippen LogP contribution in [0.25, 0.3) is 11.0 Å². The van der Waals surface area contributed by atoms with Gasteiger partial charge in [0.2, 0.25) is 0 Å². The van der Waals surface area contributed by atoms with Gasteiger partial charge >= 0.3 is 0 Å². The van der Waals surface area contributed by atoms with E-state index in [4.69, 9.17) is 0 Å². The molecule has 0 bridgehead atoms. The minimum absolute atomic E-state index is 0.142. The number of aromatic nitrogens is 2. The molecule has 5 nitrogen and oxygen atoms in total. The first-order chi connectivity index (χ1) is 15.0. The van der Waals surface area contributed by atoms with Gasteiger partial charge in [-0.1, -0.05) is 37.3 Å². The number of para-hydroxylation sites is 2. The lowest BCUT2D eigenvalue weighted by molar-refractivity contribution is 0.102. The minimum Gasteiger partial charge on any atom is -0.333 e. The molecule has 0 atom stereocenters. The average molecular weight is 431 g/mol.